The minimum Gasteiger partial charge on any atom is -0.481 e. The molecule has 2 aliphatic rings. The molecule has 1 N–H and O–H groups in total. The van der Waals surface area contributed by atoms with Crippen molar-refractivity contribution in [2.45, 2.75) is 71.5 Å². The molecule has 7 heteroatoms. The van der Waals surface area contributed by atoms with E-state index in [1.54, 1.807) is 7.11 Å². The van der Waals surface area contributed by atoms with Gasteiger partial charge in [0, 0.05) is 29.9 Å². The highest BCUT2D eigenvalue weighted by molar-refractivity contribution is 5.98. The summed E-state index contributed by atoms with van der Waals surface area (Å²) in [6.07, 6.45) is 4.59. The quantitative estimate of drug-likeness (QED) is 0.801. The van der Waals surface area contributed by atoms with Crippen molar-refractivity contribution in [1.29, 1.82) is 0 Å². The first-order valence-corrected chi connectivity index (χ1v) is 10.4. The number of aromatic nitrogens is 3. The van der Waals surface area contributed by atoms with Crippen LogP contribution in [0.3, 0.4) is 0 Å². The fourth-order valence-electron chi connectivity index (χ4n) is 4.24. The average Bonchev–Trinajstić information content (AvgIpc) is 3.33. The average molecular weight is 396 g/mol. The van der Waals surface area contributed by atoms with Gasteiger partial charge >= 0.3 is 0 Å². The summed E-state index contributed by atoms with van der Waals surface area (Å²) in [6.45, 7) is 7.19. The minimum atomic E-state index is 0.100. The summed E-state index contributed by atoms with van der Waals surface area (Å²) < 4.78 is 5.53. The van der Waals surface area contributed by atoms with Gasteiger partial charge in [-0.25, -0.2) is 15.0 Å². The lowest BCUT2D eigenvalue weighted by molar-refractivity contribution is 0.0706. The van der Waals surface area contributed by atoms with Gasteiger partial charge in [-0.05, 0) is 31.7 Å². The van der Waals surface area contributed by atoms with E-state index in [1.807, 2.05) is 24.0 Å². The predicted octanol–water partition coefficient (Wildman–Crippen LogP) is 3.82. The van der Waals surface area contributed by atoms with Crippen LogP contribution in [0.2, 0.25) is 0 Å². The zero-order valence-corrected chi connectivity index (χ0v) is 17.7. The van der Waals surface area contributed by atoms with Crippen molar-refractivity contribution in [2.75, 3.05) is 12.4 Å². The van der Waals surface area contributed by atoms with E-state index >= 15 is 0 Å². The molecule has 1 fully saturated rings. The van der Waals surface area contributed by atoms with Crippen LogP contribution in [0.15, 0.2) is 12.1 Å². The molecule has 7 nitrogen and oxygen atoms in total. The number of hydrogen-bond acceptors (Lipinski definition) is 6. The van der Waals surface area contributed by atoms with Crippen LogP contribution in [-0.4, -0.2) is 38.9 Å². The lowest BCUT2D eigenvalue weighted by Gasteiger charge is -2.22. The normalized spacial score (nSPS) is 16.6. The van der Waals surface area contributed by atoms with Crippen molar-refractivity contribution in [3.63, 3.8) is 0 Å². The molecule has 3 heterocycles. The molecule has 2 aromatic heterocycles. The fourth-order valence-corrected chi connectivity index (χ4v) is 4.24. The molecule has 1 aliphatic carbocycles. The van der Waals surface area contributed by atoms with Crippen LogP contribution in [-0.2, 0) is 13.1 Å². The number of hydrogen-bond donors (Lipinski definition) is 1. The van der Waals surface area contributed by atoms with Crippen LogP contribution >= 0.6 is 0 Å². The first kappa shape index (κ1) is 19.6. The molecule has 1 aliphatic heterocycles. The number of ether oxygens (including phenoxy) is 1. The van der Waals surface area contributed by atoms with Gasteiger partial charge in [0.15, 0.2) is 0 Å². The Hall–Kier alpha value is -2.70. The van der Waals surface area contributed by atoms with Crippen molar-refractivity contribution in [3.8, 4) is 5.88 Å². The van der Waals surface area contributed by atoms with Crippen molar-refractivity contribution < 1.29 is 9.53 Å². The Balaban J connectivity index is 1.56. The Bertz CT molecular complexity index is 922. The van der Waals surface area contributed by atoms with Crippen LogP contribution in [0.1, 0.15) is 78.6 Å². The van der Waals surface area contributed by atoms with E-state index in [0.29, 0.717) is 36.5 Å². The van der Waals surface area contributed by atoms with Crippen LogP contribution in [0.5, 0.6) is 5.88 Å². The highest BCUT2D eigenvalue weighted by Crippen LogP contribution is 2.33. The third kappa shape index (κ3) is 3.91. The van der Waals surface area contributed by atoms with Crippen molar-refractivity contribution in [2.24, 2.45) is 0 Å². The second-order valence-electron chi connectivity index (χ2n) is 8.26. The number of nitrogens with one attached hydrogen (secondary N) is 1. The van der Waals surface area contributed by atoms with E-state index in [4.69, 9.17) is 4.74 Å². The van der Waals surface area contributed by atoms with E-state index in [9.17, 15) is 4.79 Å². The predicted molar refractivity (Wildman–Crippen MR) is 111 cm³/mol. The number of amides is 1. The molecule has 0 aromatic carbocycles. The largest absolute Gasteiger partial charge is 0.481 e. The molecule has 0 spiro atoms. The number of methoxy groups -OCH3 is 1. The van der Waals surface area contributed by atoms with Crippen LogP contribution in [0.4, 0.5) is 5.82 Å². The number of rotatable bonds is 6. The Labute approximate surface area is 171 Å². The SMILES string of the molecule is COc1nc2c(cc1CNc1cc(C(C)C)nc(C)n1)C(=O)N(C1CCCC1)C2. The smallest absolute Gasteiger partial charge is 0.256 e. The lowest BCUT2D eigenvalue weighted by atomic mass is 10.1. The van der Waals surface area contributed by atoms with Crippen LogP contribution in [0, 0.1) is 6.92 Å². The molecule has 29 heavy (non-hydrogen) atoms. The van der Waals surface area contributed by atoms with Gasteiger partial charge in [-0.3, -0.25) is 4.79 Å². The topological polar surface area (TPSA) is 80.2 Å². The van der Waals surface area contributed by atoms with Crippen molar-refractivity contribution in [3.05, 3.63) is 40.5 Å². The van der Waals surface area contributed by atoms with Crippen LogP contribution in [0.25, 0.3) is 0 Å². The number of carbonyl (C=O) groups is 1. The minimum absolute atomic E-state index is 0.100. The van der Waals surface area contributed by atoms with Gasteiger partial charge in [-0.15, -0.1) is 0 Å². The zero-order valence-electron chi connectivity index (χ0n) is 17.7. The summed E-state index contributed by atoms with van der Waals surface area (Å²) in [5.74, 6) is 2.49. The first-order chi connectivity index (χ1) is 14.0. The molecule has 0 atom stereocenters. The Kier molecular flexibility index (Phi) is 5.39. The van der Waals surface area contributed by atoms with E-state index in [1.165, 1.54) is 12.8 Å². The maximum absolute atomic E-state index is 13.0. The van der Waals surface area contributed by atoms with E-state index in [2.05, 4.69) is 34.1 Å². The molecular formula is C22H29N5O2. The summed E-state index contributed by atoms with van der Waals surface area (Å²) in [4.78, 5) is 28.6. The van der Waals surface area contributed by atoms with Gasteiger partial charge in [-0.1, -0.05) is 26.7 Å². The Morgan fingerprint density at radius 1 is 1.21 bits per heavy atom. The van der Waals surface area contributed by atoms with Gasteiger partial charge in [0.05, 0.1) is 24.9 Å². The number of fused-ring (bicyclic) bond motifs is 1. The van der Waals surface area contributed by atoms with E-state index in [-0.39, 0.29) is 5.91 Å². The highest BCUT2D eigenvalue weighted by atomic mass is 16.5. The Morgan fingerprint density at radius 3 is 2.66 bits per heavy atom. The third-order valence-corrected chi connectivity index (χ3v) is 5.82. The summed E-state index contributed by atoms with van der Waals surface area (Å²) in [5, 5.41) is 3.35. The molecule has 1 amide bonds. The van der Waals surface area contributed by atoms with Crippen molar-refractivity contribution in [1.82, 2.24) is 19.9 Å². The van der Waals surface area contributed by atoms with Crippen molar-refractivity contribution >= 4 is 11.7 Å². The summed E-state index contributed by atoms with van der Waals surface area (Å²) in [5.41, 5.74) is 3.38. The summed E-state index contributed by atoms with van der Waals surface area (Å²) >= 11 is 0. The number of aryl methyl sites for hydroxylation is 1. The molecule has 0 radical (unpaired) electrons. The Morgan fingerprint density at radius 2 is 1.97 bits per heavy atom. The van der Waals surface area contributed by atoms with E-state index < -0.39 is 0 Å². The lowest BCUT2D eigenvalue weighted by Crippen LogP contribution is -2.33. The summed E-state index contributed by atoms with van der Waals surface area (Å²) in [7, 11) is 1.62. The molecule has 154 valence electrons. The van der Waals surface area contributed by atoms with Gasteiger partial charge in [0.1, 0.15) is 11.6 Å². The molecule has 2 aromatic rings. The molecular weight excluding hydrogens is 366 g/mol. The maximum atomic E-state index is 13.0. The molecule has 4 rings (SSSR count). The second-order valence-corrected chi connectivity index (χ2v) is 8.26. The molecule has 0 saturated heterocycles. The molecule has 0 unspecified atom stereocenters. The maximum Gasteiger partial charge on any atom is 0.256 e. The summed E-state index contributed by atoms with van der Waals surface area (Å²) in [6, 6.07) is 4.25. The van der Waals surface area contributed by atoms with Gasteiger partial charge < -0.3 is 15.0 Å². The highest BCUT2D eigenvalue weighted by Gasteiger charge is 2.35. The van der Waals surface area contributed by atoms with Crippen LogP contribution < -0.4 is 10.1 Å². The number of pyridine rings is 1. The number of carbonyl (C=O) groups excluding carboxylic acids is 1. The zero-order chi connectivity index (χ0) is 20.5. The van der Waals surface area contributed by atoms with Gasteiger partial charge in [-0.2, -0.15) is 0 Å². The third-order valence-electron chi connectivity index (χ3n) is 5.82. The van der Waals surface area contributed by atoms with E-state index in [0.717, 1.165) is 41.4 Å². The molecule has 1 saturated carbocycles. The standard InChI is InChI=1S/C22H29N5O2/c1-13(2)18-10-20(25-14(3)24-18)23-11-15-9-17-19(26-21(15)29-4)12-27(22(17)28)16-7-5-6-8-16/h9-10,13,16H,5-8,11-12H2,1-4H3,(H,23,24,25). The first-order valence-electron chi connectivity index (χ1n) is 10.4. The fraction of sp³-hybridized carbons (Fsp3) is 0.545. The van der Waals surface area contributed by atoms with Gasteiger partial charge in [0.2, 0.25) is 5.88 Å². The van der Waals surface area contributed by atoms with Gasteiger partial charge in [0.25, 0.3) is 5.91 Å². The second kappa shape index (κ2) is 7.97. The number of nitrogens with zero attached hydrogens (tertiary/aromatic N) is 4. The molecule has 0 bridgehead atoms. The monoisotopic (exact) mass is 395 g/mol. The number of anilines is 1.